The van der Waals surface area contributed by atoms with Gasteiger partial charge in [0, 0.05) is 12.8 Å². The highest BCUT2D eigenvalue weighted by Gasteiger charge is 2.27. The molecule has 0 aliphatic heterocycles. The highest BCUT2D eigenvalue weighted by Crippen LogP contribution is 2.14. The van der Waals surface area contributed by atoms with Gasteiger partial charge in [-0.25, -0.2) is 4.79 Å². The Labute approximate surface area is 118 Å². The monoisotopic (exact) mass is 315 g/mol. The molecule has 7 nitrogen and oxygen atoms in total. The van der Waals surface area contributed by atoms with Crippen LogP contribution in [0.1, 0.15) is 19.3 Å². The minimum absolute atomic E-state index is 0.183. The van der Waals surface area contributed by atoms with Crippen molar-refractivity contribution >= 4 is 17.8 Å². The van der Waals surface area contributed by atoms with Crippen LogP contribution in [0, 0.1) is 0 Å². The van der Waals surface area contributed by atoms with Gasteiger partial charge in [-0.05, 0) is 6.42 Å². The number of hydrogen-bond acceptors (Lipinski definition) is 5. The lowest BCUT2D eigenvalue weighted by molar-refractivity contribution is -0.174. The number of hydrogen-bond donors (Lipinski definition) is 2. The maximum absolute atomic E-state index is 11.8. The summed E-state index contributed by atoms with van der Waals surface area (Å²) in [6, 6.07) is -1.32. The van der Waals surface area contributed by atoms with Crippen LogP contribution in [-0.4, -0.2) is 55.5 Å². The largest absolute Gasteiger partial charge is 0.480 e. The number of carboxylic acid groups (broad SMARTS) is 1. The maximum Gasteiger partial charge on any atom is 0.411 e. The zero-order valence-corrected chi connectivity index (χ0v) is 11.2. The number of rotatable bonds is 9. The molecule has 0 heterocycles. The van der Waals surface area contributed by atoms with Crippen LogP contribution in [0.15, 0.2) is 0 Å². The minimum atomic E-state index is -4.49. The van der Waals surface area contributed by atoms with E-state index >= 15 is 0 Å². The van der Waals surface area contributed by atoms with E-state index in [1.807, 2.05) is 0 Å². The van der Waals surface area contributed by atoms with E-state index in [1.165, 1.54) is 0 Å². The van der Waals surface area contributed by atoms with Crippen LogP contribution in [0.25, 0.3) is 0 Å². The first kappa shape index (κ1) is 19.2. The Morgan fingerprint density at radius 2 is 1.86 bits per heavy atom. The highest BCUT2D eigenvalue weighted by molar-refractivity contribution is 5.84. The average molecular weight is 315 g/mol. The second kappa shape index (κ2) is 9.16. The van der Waals surface area contributed by atoms with Gasteiger partial charge in [0.25, 0.3) is 0 Å². The van der Waals surface area contributed by atoms with Crippen LogP contribution in [0.2, 0.25) is 0 Å². The fourth-order valence-electron chi connectivity index (χ4n) is 1.24. The van der Waals surface area contributed by atoms with Gasteiger partial charge in [-0.2, -0.15) is 13.2 Å². The molecular weight excluding hydrogens is 299 g/mol. The van der Waals surface area contributed by atoms with E-state index < -0.39 is 49.7 Å². The van der Waals surface area contributed by atoms with E-state index in [-0.39, 0.29) is 12.8 Å². The van der Waals surface area contributed by atoms with Crippen LogP contribution in [0.3, 0.4) is 0 Å². The lowest BCUT2D eigenvalue weighted by Gasteiger charge is -2.14. The number of carbonyl (C=O) groups excluding carboxylic acids is 2. The quantitative estimate of drug-likeness (QED) is 0.474. The van der Waals surface area contributed by atoms with E-state index in [0.29, 0.717) is 0 Å². The molecule has 0 aromatic heterocycles. The summed E-state index contributed by atoms with van der Waals surface area (Å²) in [4.78, 5) is 33.1. The Kier molecular flexibility index (Phi) is 8.36. The standard InChI is InChI=1S/C11H16F3NO6/c1-20-9(17)3-2-7(10(18)19)15-8(16)4-5-21-6-11(12,13)14/h7H,2-6H2,1H3,(H,15,16)(H,18,19)/t7-/m1/s1. The first-order chi connectivity index (χ1) is 9.65. The summed E-state index contributed by atoms with van der Waals surface area (Å²) < 4.78 is 43.8. The van der Waals surface area contributed by atoms with Crippen molar-refractivity contribution in [2.45, 2.75) is 31.5 Å². The van der Waals surface area contributed by atoms with Crippen LogP contribution >= 0.6 is 0 Å². The molecule has 0 aromatic carbocycles. The molecule has 0 spiro atoms. The third-order valence-electron chi connectivity index (χ3n) is 2.24. The lowest BCUT2D eigenvalue weighted by atomic mass is 10.1. The number of carbonyl (C=O) groups is 3. The second-order valence-electron chi connectivity index (χ2n) is 3.99. The number of nitrogens with one attached hydrogen (secondary N) is 1. The number of halogens is 3. The molecule has 10 heteroatoms. The molecule has 0 saturated carbocycles. The molecular formula is C11H16F3NO6. The minimum Gasteiger partial charge on any atom is -0.480 e. The van der Waals surface area contributed by atoms with Gasteiger partial charge in [0.1, 0.15) is 12.6 Å². The number of ether oxygens (including phenoxy) is 2. The number of methoxy groups -OCH3 is 1. The second-order valence-corrected chi connectivity index (χ2v) is 3.99. The smallest absolute Gasteiger partial charge is 0.411 e. The number of esters is 1. The van der Waals surface area contributed by atoms with Crippen LogP contribution in [-0.2, 0) is 23.9 Å². The molecule has 21 heavy (non-hydrogen) atoms. The maximum atomic E-state index is 11.8. The van der Waals surface area contributed by atoms with Gasteiger partial charge in [-0.3, -0.25) is 9.59 Å². The Morgan fingerprint density at radius 3 is 2.33 bits per heavy atom. The topological polar surface area (TPSA) is 102 Å². The summed E-state index contributed by atoms with van der Waals surface area (Å²) in [6.45, 7) is -1.97. The molecule has 0 aromatic rings. The summed E-state index contributed by atoms with van der Waals surface area (Å²) in [5.41, 5.74) is 0. The number of aliphatic carboxylic acids is 1. The van der Waals surface area contributed by atoms with E-state index in [9.17, 15) is 27.6 Å². The SMILES string of the molecule is COC(=O)CC[C@@H](NC(=O)CCOCC(F)(F)F)C(=O)O. The average Bonchev–Trinajstić information content (AvgIpc) is 2.37. The first-order valence-electron chi connectivity index (χ1n) is 5.89. The van der Waals surface area contributed by atoms with Crippen molar-refractivity contribution in [2.75, 3.05) is 20.3 Å². The third kappa shape index (κ3) is 10.6. The van der Waals surface area contributed by atoms with Gasteiger partial charge < -0.3 is 19.9 Å². The van der Waals surface area contributed by atoms with Crippen molar-refractivity contribution in [1.82, 2.24) is 5.32 Å². The summed E-state index contributed by atoms with van der Waals surface area (Å²) in [7, 11) is 1.13. The molecule has 1 atom stereocenters. The molecule has 0 bridgehead atoms. The molecule has 0 rings (SSSR count). The summed E-state index contributed by atoms with van der Waals surface area (Å²) in [6.07, 6.45) is -5.30. The number of alkyl halides is 3. The molecule has 1 amide bonds. The van der Waals surface area contributed by atoms with Crippen molar-refractivity contribution in [3.63, 3.8) is 0 Å². The number of carboxylic acids is 1. The van der Waals surface area contributed by atoms with E-state index in [2.05, 4.69) is 14.8 Å². The van der Waals surface area contributed by atoms with Gasteiger partial charge in [0.05, 0.1) is 13.7 Å². The van der Waals surface area contributed by atoms with Crippen molar-refractivity contribution in [3.8, 4) is 0 Å². The Morgan fingerprint density at radius 1 is 1.24 bits per heavy atom. The molecule has 0 aliphatic carbocycles. The Bertz CT molecular complexity index is 371. The summed E-state index contributed by atoms with van der Waals surface area (Å²) in [5, 5.41) is 10.9. The van der Waals surface area contributed by atoms with Crippen LogP contribution < -0.4 is 5.32 Å². The van der Waals surface area contributed by atoms with Gasteiger partial charge in [0.2, 0.25) is 5.91 Å². The predicted molar refractivity (Wildman–Crippen MR) is 62.3 cm³/mol. The normalized spacial score (nSPS) is 12.6. The fraction of sp³-hybridized carbons (Fsp3) is 0.727. The van der Waals surface area contributed by atoms with Gasteiger partial charge in [0.15, 0.2) is 0 Å². The van der Waals surface area contributed by atoms with Crippen molar-refractivity contribution in [3.05, 3.63) is 0 Å². The third-order valence-corrected chi connectivity index (χ3v) is 2.24. The van der Waals surface area contributed by atoms with Gasteiger partial charge in [-0.15, -0.1) is 0 Å². The Hall–Kier alpha value is -1.84. The zero-order valence-electron chi connectivity index (χ0n) is 11.2. The number of amides is 1. The van der Waals surface area contributed by atoms with E-state index in [4.69, 9.17) is 5.11 Å². The van der Waals surface area contributed by atoms with Gasteiger partial charge in [-0.1, -0.05) is 0 Å². The molecule has 0 fully saturated rings. The zero-order chi connectivity index (χ0) is 16.5. The van der Waals surface area contributed by atoms with E-state index in [1.54, 1.807) is 0 Å². The summed E-state index contributed by atoms with van der Waals surface area (Å²) >= 11 is 0. The summed E-state index contributed by atoms with van der Waals surface area (Å²) in [5.74, 6) is -2.78. The van der Waals surface area contributed by atoms with Crippen molar-refractivity contribution < 1.29 is 42.1 Å². The van der Waals surface area contributed by atoms with E-state index in [0.717, 1.165) is 7.11 Å². The molecule has 122 valence electrons. The molecule has 0 radical (unpaired) electrons. The van der Waals surface area contributed by atoms with Crippen molar-refractivity contribution in [2.24, 2.45) is 0 Å². The molecule has 2 N–H and O–H groups in total. The predicted octanol–water partition coefficient (Wildman–Crippen LogP) is 0.478. The molecule has 0 saturated heterocycles. The van der Waals surface area contributed by atoms with Crippen molar-refractivity contribution in [1.29, 1.82) is 0 Å². The molecule has 0 unspecified atom stereocenters. The Balaban J connectivity index is 4.06. The van der Waals surface area contributed by atoms with Gasteiger partial charge >= 0.3 is 18.1 Å². The fourth-order valence-corrected chi connectivity index (χ4v) is 1.24. The molecule has 0 aliphatic rings. The lowest BCUT2D eigenvalue weighted by Crippen LogP contribution is -2.41. The van der Waals surface area contributed by atoms with Crippen LogP contribution in [0.5, 0.6) is 0 Å². The van der Waals surface area contributed by atoms with Crippen LogP contribution in [0.4, 0.5) is 13.2 Å². The highest BCUT2D eigenvalue weighted by atomic mass is 19.4. The first-order valence-corrected chi connectivity index (χ1v) is 5.89.